The van der Waals surface area contributed by atoms with Gasteiger partial charge in [-0.3, -0.25) is 4.98 Å². The maximum absolute atomic E-state index is 6.36. The van der Waals surface area contributed by atoms with Crippen molar-refractivity contribution in [2.24, 2.45) is 4.99 Å². The number of aliphatic imine (C=N–C) groups is 1. The molecule has 3 aromatic rings. The fraction of sp³-hybridized carbons (Fsp3) is 0.167. The smallest absolute Gasteiger partial charge is 0.138 e. The number of pyridine rings is 1. The van der Waals surface area contributed by atoms with E-state index in [9.17, 15) is 0 Å². The maximum atomic E-state index is 6.36. The highest BCUT2D eigenvalue weighted by molar-refractivity contribution is 6.32. The number of hydrogen-bond acceptors (Lipinski definition) is 3. The summed E-state index contributed by atoms with van der Waals surface area (Å²) in [5.41, 5.74) is 5.98. The molecule has 3 nitrogen and oxygen atoms in total. The number of allylic oxidation sites excluding steroid dienone is 1. The number of nitrogens with zero attached hydrogens (tertiary/aromatic N) is 2. The van der Waals surface area contributed by atoms with E-state index in [1.54, 1.807) is 6.20 Å². The van der Waals surface area contributed by atoms with Crippen LogP contribution >= 0.6 is 23.2 Å². The molecule has 0 radical (unpaired) electrons. The van der Waals surface area contributed by atoms with Gasteiger partial charge in [0.05, 0.1) is 5.70 Å². The molecule has 2 aromatic carbocycles. The van der Waals surface area contributed by atoms with Crippen molar-refractivity contribution in [1.29, 1.82) is 0 Å². The summed E-state index contributed by atoms with van der Waals surface area (Å²) < 4.78 is 0. The summed E-state index contributed by atoms with van der Waals surface area (Å²) in [6, 6.07) is 15.9. The minimum absolute atomic E-state index is 0.322. The maximum Gasteiger partial charge on any atom is 0.138 e. The highest BCUT2D eigenvalue weighted by Crippen LogP contribution is 2.32. The normalized spacial score (nSPS) is 16.2. The first-order valence-electron chi connectivity index (χ1n) is 9.53. The summed E-state index contributed by atoms with van der Waals surface area (Å²) in [6.07, 6.45) is 6.65. The Hall–Kier alpha value is -2.62. The lowest BCUT2D eigenvalue weighted by atomic mass is 9.90. The Bertz CT molecular complexity index is 1100. The highest BCUT2D eigenvalue weighted by atomic mass is 35.5. The van der Waals surface area contributed by atoms with E-state index in [1.165, 1.54) is 5.56 Å². The van der Waals surface area contributed by atoms with Crippen LogP contribution in [0.25, 0.3) is 5.70 Å². The number of aryl methyl sites for hydroxylation is 1. The van der Waals surface area contributed by atoms with E-state index in [1.807, 2.05) is 55.6 Å². The first-order valence-corrected chi connectivity index (χ1v) is 10.3. The molecule has 1 atom stereocenters. The number of rotatable bonds is 2. The SMILES string of the molecule is Cc1ccc(NC2=NC(c3cccnc3)=CCC(C)c3ccc(Cl)cc32)cc1Cl. The molecule has 1 unspecified atom stereocenters. The zero-order valence-electron chi connectivity index (χ0n) is 16.3. The molecular weight excluding hydrogens is 401 g/mol. The molecule has 1 aliphatic rings. The Morgan fingerprint density at radius 2 is 1.93 bits per heavy atom. The molecule has 2 heterocycles. The number of fused-ring (bicyclic) bond motifs is 1. The molecule has 0 saturated carbocycles. The van der Waals surface area contributed by atoms with E-state index in [0.29, 0.717) is 16.0 Å². The van der Waals surface area contributed by atoms with E-state index in [0.717, 1.165) is 40.3 Å². The molecule has 29 heavy (non-hydrogen) atoms. The minimum atomic E-state index is 0.322. The topological polar surface area (TPSA) is 37.3 Å². The van der Waals surface area contributed by atoms with Crippen LogP contribution in [0.3, 0.4) is 0 Å². The van der Waals surface area contributed by atoms with Crippen LogP contribution in [0.15, 0.2) is 72.0 Å². The largest absolute Gasteiger partial charge is 0.340 e. The Morgan fingerprint density at radius 3 is 2.69 bits per heavy atom. The van der Waals surface area contributed by atoms with Gasteiger partial charge in [0.15, 0.2) is 0 Å². The number of halogens is 2. The quantitative estimate of drug-likeness (QED) is 0.478. The molecular formula is C24H21Cl2N3. The lowest BCUT2D eigenvalue weighted by Crippen LogP contribution is -2.18. The van der Waals surface area contributed by atoms with E-state index >= 15 is 0 Å². The fourth-order valence-corrected chi connectivity index (χ4v) is 3.76. The second-order valence-electron chi connectivity index (χ2n) is 7.25. The zero-order valence-corrected chi connectivity index (χ0v) is 17.8. The number of aromatic nitrogens is 1. The summed E-state index contributed by atoms with van der Waals surface area (Å²) in [5, 5.41) is 4.86. The van der Waals surface area contributed by atoms with Crippen LogP contribution < -0.4 is 5.32 Å². The molecule has 0 fully saturated rings. The van der Waals surface area contributed by atoms with Crippen LogP contribution in [0.1, 0.15) is 41.5 Å². The van der Waals surface area contributed by atoms with Crippen molar-refractivity contribution < 1.29 is 0 Å². The van der Waals surface area contributed by atoms with E-state index < -0.39 is 0 Å². The highest BCUT2D eigenvalue weighted by Gasteiger charge is 2.19. The van der Waals surface area contributed by atoms with Crippen molar-refractivity contribution >= 4 is 40.4 Å². The van der Waals surface area contributed by atoms with Gasteiger partial charge < -0.3 is 5.32 Å². The molecule has 1 aromatic heterocycles. The second-order valence-corrected chi connectivity index (χ2v) is 8.09. The summed E-state index contributed by atoms with van der Waals surface area (Å²) >= 11 is 12.7. The molecule has 1 aliphatic heterocycles. The van der Waals surface area contributed by atoms with Gasteiger partial charge in [-0.1, -0.05) is 48.3 Å². The van der Waals surface area contributed by atoms with Gasteiger partial charge in [0.1, 0.15) is 5.84 Å². The first-order chi connectivity index (χ1) is 14.0. The van der Waals surface area contributed by atoms with Gasteiger partial charge in [0.2, 0.25) is 0 Å². The van der Waals surface area contributed by atoms with Crippen molar-refractivity contribution in [2.45, 2.75) is 26.2 Å². The van der Waals surface area contributed by atoms with E-state index in [2.05, 4.69) is 29.4 Å². The Morgan fingerprint density at radius 1 is 1.07 bits per heavy atom. The van der Waals surface area contributed by atoms with E-state index in [-0.39, 0.29) is 0 Å². The van der Waals surface area contributed by atoms with Crippen LogP contribution in [-0.2, 0) is 0 Å². The molecule has 1 N–H and O–H groups in total. The van der Waals surface area contributed by atoms with Crippen LogP contribution in [-0.4, -0.2) is 10.8 Å². The lowest BCUT2D eigenvalue weighted by molar-refractivity contribution is 0.777. The van der Waals surface area contributed by atoms with Crippen molar-refractivity contribution in [3.05, 3.63) is 99.3 Å². The molecule has 0 amide bonds. The number of amidine groups is 1. The Kier molecular flexibility index (Phi) is 5.70. The van der Waals surface area contributed by atoms with Crippen LogP contribution in [0.2, 0.25) is 10.0 Å². The average Bonchev–Trinajstić information content (AvgIpc) is 2.72. The summed E-state index contributed by atoms with van der Waals surface area (Å²) in [5.74, 6) is 1.06. The van der Waals surface area contributed by atoms with Crippen molar-refractivity contribution in [3.63, 3.8) is 0 Å². The molecule has 146 valence electrons. The second kappa shape index (κ2) is 8.40. The third kappa shape index (κ3) is 4.36. The zero-order chi connectivity index (χ0) is 20.4. The first kappa shape index (κ1) is 19.7. The van der Waals surface area contributed by atoms with Crippen LogP contribution in [0.4, 0.5) is 5.69 Å². The van der Waals surface area contributed by atoms with Gasteiger partial charge in [-0.2, -0.15) is 0 Å². The van der Waals surface area contributed by atoms with Crippen molar-refractivity contribution in [1.82, 2.24) is 4.98 Å². The predicted octanol–water partition coefficient (Wildman–Crippen LogP) is 7.10. The monoisotopic (exact) mass is 421 g/mol. The number of anilines is 1. The van der Waals surface area contributed by atoms with Crippen LogP contribution in [0, 0.1) is 6.92 Å². The van der Waals surface area contributed by atoms with Crippen molar-refractivity contribution in [2.75, 3.05) is 5.32 Å². The third-order valence-corrected chi connectivity index (χ3v) is 5.73. The van der Waals surface area contributed by atoms with E-state index in [4.69, 9.17) is 28.2 Å². The van der Waals surface area contributed by atoms with Gasteiger partial charge in [0, 0.05) is 39.3 Å². The Balaban J connectivity index is 1.86. The van der Waals surface area contributed by atoms with Gasteiger partial charge in [0.25, 0.3) is 0 Å². The molecule has 4 rings (SSSR count). The average molecular weight is 422 g/mol. The molecule has 0 spiro atoms. The third-order valence-electron chi connectivity index (χ3n) is 5.09. The summed E-state index contributed by atoms with van der Waals surface area (Å²) in [6.45, 7) is 4.20. The predicted molar refractivity (Wildman–Crippen MR) is 123 cm³/mol. The van der Waals surface area contributed by atoms with Gasteiger partial charge in [-0.15, -0.1) is 0 Å². The number of benzene rings is 2. The van der Waals surface area contributed by atoms with Gasteiger partial charge in [-0.05, 0) is 66.8 Å². The van der Waals surface area contributed by atoms with Gasteiger partial charge in [-0.25, -0.2) is 4.99 Å². The summed E-state index contributed by atoms with van der Waals surface area (Å²) in [4.78, 5) is 9.25. The summed E-state index contributed by atoms with van der Waals surface area (Å²) in [7, 11) is 0. The number of hydrogen-bond donors (Lipinski definition) is 1. The molecule has 0 bridgehead atoms. The van der Waals surface area contributed by atoms with Gasteiger partial charge >= 0.3 is 0 Å². The molecule has 5 heteroatoms. The minimum Gasteiger partial charge on any atom is -0.340 e. The number of nitrogens with one attached hydrogen (secondary N) is 1. The Labute approximate surface area is 181 Å². The van der Waals surface area contributed by atoms with Crippen LogP contribution in [0.5, 0.6) is 0 Å². The lowest BCUT2D eigenvalue weighted by Gasteiger charge is -2.22. The molecule has 0 saturated heterocycles. The standard InChI is InChI=1S/C24H21Cl2N3/c1-15-6-10-23(17-4-3-11-27-14-17)29-24(21-12-18(25)7-9-20(15)21)28-19-8-5-16(2)22(26)13-19/h3-5,7-15H,6H2,1-2H3,(H,28,29). The fourth-order valence-electron chi connectivity index (χ4n) is 3.40. The molecule has 0 aliphatic carbocycles. The van der Waals surface area contributed by atoms with Crippen molar-refractivity contribution in [3.8, 4) is 0 Å².